The van der Waals surface area contributed by atoms with Gasteiger partial charge in [0.15, 0.2) is 0 Å². The first-order chi connectivity index (χ1) is 13.6. The van der Waals surface area contributed by atoms with Crippen LogP contribution in [0.5, 0.6) is 5.88 Å². The summed E-state index contributed by atoms with van der Waals surface area (Å²) < 4.78 is 48.6. The van der Waals surface area contributed by atoms with E-state index in [4.69, 9.17) is 14.0 Å². The molecule has 0 saturated carbocycles. The summed E-state index contributed by atoms with van der Waals surface area (Å²) in [6, 6.07) is 6.17. The van der Waals surface area contributed by atoms with E-state index in [-0.39, 0.29) is 12.1 Å². The molecule has 5 nitrogen and oxygen atoms in total. The monoisotopic (exact) mass is 400 g/mol. The van der Waals surface area contributed by atoms with E-state index in [0.717, 1.165) is 10.9 Å². The van der Waals surface area contributed by atoms with Gasteiger partial charge in [-0.2, -0.15) is 0 Å². The number of methoxy groups -OCH3 is 1. The van der Waals surface area contributed by atoms with Crippen molar-refractivity contribution in [3.05, 3.63) is 53.9 Å². The topological polar surface area (TPSA) is 45.5 Å². The lowest BCUT2D eigenvalue weighted by molar-refractivity contribution is 0.00578. The first-order valence-electron chi connectivity index (χ1n) is 9.44. The molecule has 1 aliphatic heterocycles. The smallest absolute Gasteiger partial charge is 0.481 e. The van der Waals surface area contributed by atoms with Crippen LogP contribution in [0.1, 0.15) is 33.3 Å². The maximum atomic E-state index is 14.9. The molecule has 1 aromatic carbocycles. The lowest BCUT2D eigenvalue weighted by Gasteiger charge is -2.32. The molecular weight excluding hydrogens is 377 g/mol. The first kappa shape index (κ1) is 19.9. The molecule has 0 bridgehead atoms. The van der Waals surface area contributed by atoms with Crippen LogP contribution in [0, 0.1) is 11.6 Å². The van der Waals surface area contributed by atoms with Gasteiger partial charge in [-0.05, 0) is 57.4 Å². The molecule has 0 atom stereocenters. The van der Waals surface area contributed by atoms with Gasteiger partial charge in [0.2, 0.25) is 5.88 Å². The fourth-order valence-corrected chi connectivity index (χ4v) is 3.46. The van der Waals surface area contributed by atoms with Crippen molar-refractivity contribution in [2.24, 2.45) is 0 Å². The van der Waals surface area contributed by atoms with Crippen molar-refractivity contribution in [1.82, 2.24) is 9.55 Å². The summed E-state index contributed by atoms with van der Waals surface area (Å²) in [7, 11) is 0.716. The molecule has 2 aromatic heterocycles. The van der Waals surface area contributed by atoms with Crippen molar-refractivity contribution in [2.45, 2.75) is 45.4 Å². The molecule has 4 rings (SSSR count). The molecule has 8 heteroatoms. The molecule has 0 unspecified atom stereocenters. The molecule has 0 radical (unpaired) electrons. The zero-order valence-corrected chi connectivity index (χ0v) is 17.1. The standard InChI is InChI=1S/C21H23BF2N2O3/c1-20(2)21(3,4)29-22(28-20)13-10-16(23)15(17(24)11-13)12-26-9-7-14-18(26)6-8-25-19(14)27-5/h6-11H,12H2,1-5H3. The molecule has 3 heterocycles. The Hall–Kier alpha value is -2.45. The molecular formula is C21H23BF2N2O3. The summed E-state index contributed by atoms with van der Waals surface area (Å²) >= 11 is 0. The minimum absolute atomic E-state index is 0.0291. The van der Waals surface area contributed by atoms with E-state index in [9.17, 15) is 8.78 Å². The summed E-state index contributed by atoms with van der Waals surface area (Å²) in [4.78, 5) is 4.15. The van der Waals surface area contributed by atoms with Crippen molar-refractivity contribution >= 4 is 23.5 Å². The summed E-state index contributed by atoms with van der Waals surface area (Å²) in [5.41, 5.74) is -0.0872. The molecule has 3 aromatic rings. The lowest BCUT2D eigenvalue weighted by Crippen LogP contribution is -2.41. The number of nitrogens with zero attached hydrogens (tertiary/aromatic N) is 2. The van der Waals surface area contributed by atoms with Gasteiger partial charge in [0.05, 0.1) is 35.8 Å². The molecule has 0 N–H and O–H groups in total. The van der Waals surface area contributed by atoms with Crippen LogP contribution < -0.4 is 10.2 Å². The van der Waals surface area contributed by atoms with E-state index in [1.807, 2.05) is 33.8 Å². The highest BCUT2D eigenvalue weighted by molar-refractivity contribution is 6.62. The Kier molecular flexibility index (Phi) is 4.66. The molecule has 0 amide bonds. The number of halogens is 2. The van der Waals surface area contributed by atoms with E-state index < -0.39 is 30.0 Å². The average Bonchev–Trinajstić information content (AvgIpc) is 3.15. The second-order valence-electron chi connectivity index (χ2n) is 8.25. The minimum atomic E-state index is -0.819. The molecule has 1 saturated heterocycles. The summed E-state index contributed by atoms with van der Waals surface area (Å²) in [5, 5.41) is 0.782. The van der Waals surface area contributed by atoms with Gasteiger partial charge in [0, 0.05) is 18.0 Å². The average molecular weight is 400 g/mol. The van der Waals surface area contributed by atoms with Gasteiger partial charge in [-0.1, -0.05) is 0 Å². The molecule has 152 valence electrons. The summed E-state index contributed by atoms with van der Waals surface area (Å²) in [6.07, 6.45) is 3.36. The van der Waals surface area contributed by atoms with Crippen LogP contribution in [-0.4, -0.2) is 35.0 Å². The second kappa shape index (κ2) is 6.81. The van der Waals surface area contributed by atoms with Crippen molar-refractivity contribution in [2.75, 3.05) is 7.11 Å². The van der Waals surface area contributed by atoms with Gasteiger partial charge in [0.25, 0.3) is 0 Å². The number of aromatic nitrogens is 2. The van der Waals surface area contributed by atoms with Crippen LogP contribution in [0.2, 0.25) is 0 Å². The Morgan fingerprint density at radius 3 is 2.28 bits per heavy atom. The Balaban J connectivity index is 1.66. The van der Waals surface area contributed by atoms with Gasteiger partial charge in [-0.15, -0.1) is 0 Å². The Bertz CT molecular complexity index is 1040. The van der Waals surface area contributed by atoms with Crippen LogP contribution in [0.4, 0.5) is 8.78 Å². The molecule has 1 aliphatic rings. The second-order valence-corrected chi connectivity index (χ2v) is 8.25. The van der Waals surface area contributed by atoms with E-state index in [0.29, 0.717) is 11.3 Å². The highest BCUT2D eigenvalue weighted by Crippen LogP contribution is 2.36. The zero-order chi connectivity index (χ0) is 21.0. The van der Waals surface area contributed by atoms with Crippen LogP contribution in [0.25, 0.3) is 10.9 Å². The van der Waals surface area contributed by atoms with Crippen molar-refractivity contribution < 1.29 is 22.8 Å². The molecule has 0 aliphatic carbocycles. The first-order valence-corrected chi connectivity index (χ1v) is 9.44. The highest BCUT2D eigenvalue weighted by atomic mass is 19.1. The predicted octanol–water partition coefficient (Wildman–Crippen LogP) is 3.67. The molecule has 0 spiro atoms. The molecule has 1 fully saturated rings. The normalized spacial score (nSPS) is 17.8. The Labute approximate surface area is 168 Å². The third kappa shape index (κ3) is 3.30. The number of pyridine rings is 1. The number of ether oxygens (including phenoxy) is 1. The fraction of sp³-hybridized carbons (Fsp3) is 0.381. The van der Waals surface area contributed by atoms with Gasteiger partial charge >= 0.3 is 7.12 Å². The van der Waals surface area contributed by atoms with Crippen LogP contribution in [0.3, 0.4) is 0 Å². The van der Waals surface area contributed by atoms with Crippen molar-refractivity contribution in [3.8, 4) is 5.88 Å². The maximum absolute atomic E-state index is 14.9. The largest absolute Gasteiger partial charge is 0.495 e. The zero-order valence-electron chi connectivity index (χ0n) is 17.1. The third-order valence-electron chi connectivity index (χ3n) is 5.87. The maximum Gasteiger partial charge on any atom is 0.495 e. The number of rotatable bonds is 4. The number of hydrogen-bond donors (Lipinski definition) is 0. The van der Waals surface area contributed by atoms with E-state index in [2.05, 4.69) is 4.98 Å². The number of hydrogen-bond acceptors (Lipinski definition) is 4. The Morgan fingerprint density at radius 1 is 1.07 bits per heavy atom. The number of fused-ring (bicyclic) bond motifs is 1. The summed E-state index contributed by atoms with van der Waals surface area (Å²) in [5.74, 6) is -0.812. The Morgan fingerprint density at radius 2 is 1.69 bits per heavy atom. The quantitative estimate of drug-likeness (QED) is 0.627. The van der Waals surface area contributed by atoms with E-state index >= 15 is 0 Å². The third-order valence-corrected chi connectivity index (χ3v) is 5.87. The minimum Gasteiger partial charge on any atom is -0.481 e. The van der Waals surface area contributed by atoms with Crippen LogP contribution in [0.15, 0.2) is 36.7 Å². The van der Waals surface area contributed by atoms with Crippen molar-refractivity contribution in [1.29, 1.82) is 0 Å². The van der Waals surface area contributed by atoms with Gasteiger partial charge < -0.3 is 18.6 Å². The SMILES string of the molecule is COc1nccc2c1ccn2Cc1c(F)cc(B2OC(C)(C)C(C)(C)O2)cc1F. The molecule has 29 heavy (non-hydrogen) atoms. The number of benzene rings is 1. The van der Waals surface area contributed by atoms with Crippen LogP contribution in [-0.2, 0) is 15.9 Å². The van der Waals surface area contributed by atoms with Crippen molar-refractivity contribution in [3.63, 3.8) is 0 Å². The summed E-state index contributed by atoms with van der Waals surface area (Å²) in [6.45, 7) is 7.63. The van der Waals surface area contributed by atoms with Gasteiger partial charge in [0.1, 0.15) is 11.6 Å². The van der Waals surface area contributed by atoms with Gasteiger partial charge in [-0.3, -0.25) is 0 Å². The van der Waals surface area contributed by atoms with E-state index in [1.54, 1.807) is 23.0 Å². The fourth-order valence-electron chi connectivity index (χ4n) is 3.46. The highest BCUT2D eigenvalue weighted by Gasteiger charge is 2.52. The van der Waals surface area contributed by atoms with E-state index in [1.165, 1.54) is 19.2 Å². The van der Waals surface area contributed by atoms with Gasteiger partial charge in [-0.25, -0.2) is 13.8 Å². The van der Waals surface area contributed by atoms with Crippen LogP contribution >= 0.6 is 0 Å². The lowest BCUT2D eigenvalue weighted by atomic mass is 9.78. The predicted molar refractivity (Wildman–Crippen MR) is 107 cm³/mol.